The van der Waals surface area contributed by atoms with Gasteiger partial charge < -0.3 is 9.84 Å². The van der Waals surface area contributed by atoms with Crippen LogP contribution in [-0.2, 0) is 11.2 Å². The minimum atomic E-state index is -0.775. The Morgan fingerprint density at radius 2 is 1.89 bits per heavy atom. The fraction of sp³-hybridized carbons (Fsp3) is 0.176. The lowest BCUT2D eigenvalue weighted by Gasteiger charge is -2.07. The third-order valence-electron chi connectivity index (χ3n) is 3.52. The Morgan fingerprint density at radius 3 is 2.54 bits per heavy atom. The van der Waals surface area contributed by atoms with Crippen molar-refractivity contribution in [1.82, 2.24) is 5.43 Å². The first-order chi connectivity index (χ1) is 13.3. The number of phenolic OH excluding ortho intramolecular Hbond substituents is 1. The van der Waals surface area contributed by atoms with Crippen molar-refractivity contribution in [3.63, 3.8) is 0 Å². The van der Waals surface area contributed by atoms with Crippen molar-refractivity contribution in [1.29, 1.82) is 0 Å². The standard InChI is InChI=1S/C17H16N4O7/c1-2-28-15-8-11(7-14(17(15)23)21(26)27)10-18-19-16(22)9-12-5-3-4-6-13(12)20(24)25/h3-8,10,23H,2,9H2,1H3,(H,19,22)/b18-10+. The van der Waals surface area contributed by atoms with Gasteiger partial charge in [-0.3, -0.25) is 25.0 Å². The number of ether oxygens (including phenoxy) is 1. The Labute approximate surface area is 158 Å². The summed E-state index contributed by atoms with van der Waals surface area (Å²) >= 11 is 0. The van der Waals surface area contributed by atoms with Crippen molar-refractivity contribution in [2.24, 2.45) is 5.10 Å². The van der Waals surface area contributed by atoms with Crippen LogP contribution in [0.5, 0.6) is 11.5 Å². The van der Waals surface area contributed by atoms with Gasteiger partial charge in [-0.05, 0) is 13.0 Å². The van der Waals surface area contributed by atoms with Gasteiger partial charge in [0.25, 0.3) is 5.69 Å². The number of hydrazone groups is 1. The van der Waals surface area contributed by atoms with Gasteiger partial charge in [0.1, 0.15) is 0 Å². The summed E-state index contributed by atoms with van der Waals surface area (Å²) in [5, 5.41) is 35.5. The topological polar surface area (TPSA) is 157 Å². The highest BCUT2D eigenvalue weighted by molar-refractivity contribution is 5.85. The number of rotatable bonds is 8. The minimum absolute atomic E-state index is 0.0932. The van der Waals surface area contributed by atoms with E-state index in [1.165, 1.54) is 24.3 Å². The molecule has 0 unspecified atom stereocenters. The van der Waals surface area contributed by atoms with E-state index in [0.29, 0.717) is 0 Å². The number of nitrogens with one attached hydrogen (secondary N) is 1. The fourth-order valence-electron chi connectivity index (χ4n) is 2.32. The lowest BCUT2D eigenvalue weighted by atomic mass is 10.1. The predicted octanol–water partition coefficient (Wildman–Crippen LogP) is 2.30. The van der Waals surface area contributed by atoms with Gasteiger partial charge in [0.2, 0.25) is 11.7 Å². The lowest BCUT2D eigenvalue weighted by Crippen LogP contribution is -2.20. The minimum Gasteiger partial charge on any atom is -0.500 e. The van der Waals surface area contributed by atoms with Crippen LogP contribution in [0.1, 0.15) is 18.1 Å². The first kappa shape index (κ1) is 20.3. The number of carbonyl (C=O) groups excluding carboxylic acids is 1. The van der Waals surface area contributed by atoms with E-state index in [9.17, 15) is 30.1 Å². The summed E-state index contributed by atoms with van der Waals surface area (Å²) in [6.07, 6.45) is 0.862. The van der Waals surface area contributed by atoms with E-state index in [0.717, 1.165) is 12.3 Å². The molecule has 1 amide bonds. The van der Waals surface area contributed by atoms with Crippen LogP contribution in [-0.4, -0.2) is 33.7 Å². The molecule has 0 aromatic heterocycles. The molecule has 0 aliphatic heterocycles. The molecule has 0 aliphatic rings. The molecule has 0 bridgehead atoms. The normalized spacial score (nSPS) is 10.6. The summed E-state index contributed by atoms with van der Waals surface area (Å²) in [5.74, 6) is -1.31. The number of amides is 1. The molecular formula is C17H16N4O7. The van der Waals surface area contributed by atoms with Crippen molar-refractivity contribution in [2.75, 3.05) is 6.61 Å². The van der Waals surface area contributed by atoms with Crippen molar-refractivity contribution < 1.29 is 24.5 Å². The molecule has 0 spiro atoms. The molecule has 11 nitrogen and oxygen atoms in total. The van der Waals surface area contributed by atoms with E-state index in [-0.39, 0.29) is 35.6 Å². The molecule has 0 aliphatic carbocycles. The highest BCUT2D eigenvalue weighted by Gasteiger charge is 2.20. The van der Waals surface area contributed by atoms with Crippen LogP contribution in [0.25, 0.3) is 0 Å². The summed E-state index contributed by atoms with van der Waals surface area (Å²) in [5.41, 5.74) is 1.87. The molecule has 0 heterocycles. The van der Waals surface area contributed by atoms with E-state index < -0.39 is 27.2 Å². The summed E-state index contributed by atoms with van der Waals surface area (Å²) in [4.78, 5) is 32.6. The number of nitrogens with zero attached hydrogens (tertiary/aromatic N) is 3. The molecule has 28 heavy (non-hydrogen) atoms. The van der Waals surface area contributed by atoms with Gasteiger partial charge in [-0.15, -0.1) is 0 Å². The SMILES string of the molecule is CCOc1cc(/C=N/NC(=O)Cc2ccccc2[N+](=O)[O-])cc([N+](=O)[O-])c1O. The van der Waals surface area contributed by atoms with Crippen LogP contribution in [0, 0.1) is 20.2 Å². The Bertz CT molecular complexity index is 943. The van der Waals surface area contributed by atoms with E-state index in [1.54, 1.807) is 13.0 Å². The Morgan fingerprint density at radius 1 is 1.21 bits per heavy atom. The number of nitro benzene ring substituents is 2. The first-order valence-electron chi connectivity index (χ1n) is 8.01. The molecule has 0 fully saturated rings. The smallest absolute Gasteiger partial charge is 0.315 e. The van der Waals surface area contributed by atoms with E-state index in [2.05, 4.69) is 10.5 Å². The number of para-hydroxylation sites is 1. The Hall–Kier alpha value is -4.02. The number of hydrogen-bond donors (Lipinski definition) is 2. The average molecular weight is 388 g/mol. The fourth-order valence-corrected chi connectivity index (χ4v) is 2.32. The third-order valence-corrected chi connectivity index (χ3v) is 3.52. The summed E-state index contributed by atoms with van der Waals surface area (Å²) in [6, 6.07) is 8.20. The van der Waals surface area contributed by atoms with Gasteiger partial charge in [0.15, 0.2) is 5.75 Å². The quantitative estimate of drug-likeness (QED) is 0.399. The van der Waals surface area contributed by atoms with Crippen LogP contribution < -0.4 is 10.2 Å². The molecule has 0 saturated carbocycles. The maximum atomic E-state index is 12.0. The molecule has 2 aromatic rings. The van der Waals surface area contributed by atoms with E-state index in [4.69, 9.17) is 4.74 Å². The van der Waals surface area contributed by atoms with E-state index in [1.807, 2.05) is 0 Å². The van der Waals surface area contributed by atoms with Crippen LogP contribution in [0.15, 0.2) is 41.5 Å². The summed E-state index contributed by atoms with van der Waals surface area (Å²) in [7, 11) is 0. The zero-order valence-electron chi connectivity index (χ0n) is 14.7. The average Bonchev–Trinajstić information content (AvgIpc) is 2.64. The number of carbonyl (C=O) groups is 1. The lowest BCUT2D eigenvalue weighted by molar-refractivity contribution is -0.386. The van der Waals surface area contributed by atoms with Gasteiger partial charge in [-0.1, -0.05) is 18.2 Å². The largest absolute Gasteiger partial charge is 0.500 e. The maximum Gasteiger partial charge on any atom is 0.315 e. The molecule has 2 aromatic carbocycles. The number of aromatic hydroxyl groups is 1. The number of nitro groups is 2. The second-order valence-corrected chi connectivity index (χ2v) is 5.43. The molecule has 0 atom stereocenters. The van der Waals surface area contributed by atoms with Crippen molar-refractivity contribution in [2.45, 2.75) is 13.3 Å². The zero-order chi connectivity index (χ0) is 20.7. The second kappa shape index (κ2) is 9.07. The van der Waals surface area contributed by atoms with Crippen LogP contribution in [0.2, 0.25) is 0 Å². The zero-order valence-corrected chi connectivity index (χ0v) is 14.7. The molecule has 11 heteroatoms. The summed E-state index contributed by atoms with van der Waals surface area (Å²) in [6.45, 7) is 1.83. The van der Waals surface area contributed by atoms with Gasteiger partial charge in [0.05, 0.1) is 29.1 Å². The Kier molecular flexibility index (Phi) is 6.58. The molecule has 2 N–H and O–H groups in total. The highest BCUT2D eigenvalue weighted by atomic mass is 16.6. The van der Waals surface area contributed by atoms with Crippen LogP contribution in [0.3, 0.4) is 0 Å². The van der Waals surface area contributed by atoms with Crippen molar-refractivity contribution in [3.05, 3.63) is 67.8 Å². The number of benzene rings is 2. The highest BCUT2D eigenvalue weighted by Crippen LogP contribution is 2.36. The molecule has 0 radical (unpaired) electrons. The van der Waals surface area contributed by atoms with Crippen LogP contribution in [0.4, 0.5) is 11.4 Å². The van der Waals surface area contributed by atoms with Crippen molar-refractivity contribution in [3.8, 4) is 11.5 Å². The van der Waals surface area contributed by atoms with Gasteiger partial charge in [-0.25, -0.2) is 5.43 Å². The van der Waals surface area contributed by atoms with Crippen LogP contribution >= 0.6 is 0 Å². The molecule has 2 rings (SSSR count). The Balaban J connectivity index is 2.13. The first-order valence-corrected chi connectivity index (χ1v) is 8.01. The monoisotopic (exact) mass is 388 g/mol. The maximum absolute atomic E-state index is 12.0. The van der Waals surface area contributed by atoms with Gasteiger partial charge in [0, 0.05) is 23.3 Å². The molecule has 146 valence electrons. The molecular weight excluding hydrogens is 372 g/mol. The second-order valence-electron chi connectivity index (χ2n) is 5.43. The number of hydrogen-bond acceptors (Lipinski definition) is 8. The van der Waals surface area contributed by atoms with Crippen molar-refractivity contribution >= 4 is 23.5 Å². The van der Waals surface area contributed by atoms with Gasteiger partial charge in [-0.2, -0.15) is 5.10 Å². The van der Waals surface area contributed by atoms with Gasteiger partial charge >= 0.3 is 5.69 Å². The number of phenols is 1. The third kappa shape index (κ3) is 5.00. The summed E-state index contributed by atoms with van der Waals surface area (Å²) < 4.78 is 5.14. The van der Waals surface area contributed by atoms with E-state index >= 15 is 0 Å². The predicted molar refractivity (Wildman–Crippen MR) is 98.5 cm³/mol. The molecule has 0 saturated heterocycles.